The Balaban J connectivity index is 3.10. The second-order valence-corrected chi connectivity index (χ2v) is 2.47. The van der Waals surface area contributed by atoms with Gasteiger partial charge in [-0.25, -0.2) is 4.79 Å². The van der Waals surface area contributed by atoms with Crippen molar-refractivity contribution < 1.29 is 14.1 Å². The van der Waals surface area contributed by atoms with Gasteiger partial charge in [-0.1, -0.05) is 12.1 Å². The minimum atomic E-state index is -0.516. The Morgan fingerprint density at radius 2 is 2.42 bits per heavy atom. The topological polar surface area (TPSA) is 52.3 Å². The maximum Gasteiger partial charge on any atom is 0.344 e. The van der Waals surface area contributed by atoms with Crippen LogP contribution in [0.3, 0.4) is 0 Å². The van der Waals surface area contributed by atoms with Crippen LogP contribution in [0.15, 0.2) is 4.52 Å². The molecule has 4 nitrogen and oxygen atoms in total. The fourth-order valence-electron chi connectivity index (χ4n) is 0.841. The summed E-state index contributed by atoms with van der Waals surface area (Å²) in [5.74, 6) is -0.516. The van der Waals surface area contributed by atoms with E-state index in [2.05, 4.69) is 14.4 Å². The molecule has 0 aliphatic rings. The number of nitrogens with zero attached hydrogens (tertiary/aromatic N) is 1. The average molecular weight is 190 g/mol. The molecule has 0 saturated carbocycles. The Morgan fingerprint density at radius 3 is 2.92 bits per heavy atom. The van der Waals surface area contributed by atoms with Crippen molar-refractivity contribution >= 4 is 17.6 Å². The number of rotatable bonds is 2. The SMILES string of the molecule is CCc1noc(Cl)c1C(=O)OC. The molecule has 1 heterocycles. The molecule has 0 N–H and O–H groups in total. The van der Waals surface area contributed by atoms with Crippen LogP contribution in [0, 0.1) is 0 Å². The van der Waals surface area contributed by atoms with Crippen LogP contribution in [0.4, 0.5) is 0 Å². The number of aryl methyl sites for hydroxylation is 1. The highest BCUT2D eigenvalue weighted by Gasteiger charge is 2.20. The third kappa shape index (κ3) is 1.43. The standard InChI is InChI=1S/C7H8ClNO3/c1-3-4-5(7(10)11-2)6(8)12-9-4/h3H2,1-2H3. The Bertz CT molecular complexity index is 295. The van der Waals surface area contributed by atoms with Crippen LogP contribution < -0.4 is 0 Å². The van der Waals surface area contributed by atoms with Crippen molar-refractivity contribution in [2.24, 2.45) is 0 Å². The number of hydrogen-bond acceptors (Lipinski definition) is 4. The zero-order valence-corrected chi connectivity index (χ0v) is 7.51. The van der Waals surface area contributed by atoms with Crippen LogP contribution in [0.2, 0.25) is 5.22 Å². The molecule has 0 bridgehead atoms. The van der Waals surface area contributed by atoms with Gasteiger partial charge in [-0.3, -0.25) is 0 Å². The molecule has 1 aromatic heterocycles. The molecular formula is C7H8ClNO3. The highest BCUT2D eigenvalue weighted by atomic mass is 35.5. The number of ether oxygens (including phenoxy) is 1. The number of hydrogen-bond donors (Lipinski definition) is 0. The number of halogens is 1. The van der Waals surface area contributed by atoms with E-state index in [1.54, 1.807) is 0 Å². The van der Waals surface area contributed by atoms with Crippen molar-refractivity contribution in [2.45, 2.75) is 13.3 Å². The molecule has 12 heavy (non-hydrogen) atoms. The van der Waals surface area contributed by atoms with E-state index in [4.69, 9.17) is 11.6 Å². The lowest BCUT2D eigenvalue weighted by molar-refractivity contribution is 0.0599. The van der Waals surface area contributed by atoms with Gasteiger partial charge >= 0.3 is 5.97 Å². The molecule has 0 saturated heterocycles. The molecule has 0 radical (unpaired) electrons. The van der Waals surface area contributed by atoms with Gasteiger partial charge < -0.3 is 9.26 Å². The second kappa shape index (κ2) is 3.58. The number of aromatic nitrogens is 1. The number of carbonyl (C=O) groups excluding carboxylic acids is 1. The van der Waals surface area contributed by atoms with E-state index in [0.717, 1.165) is 0 Å². The lowest BCUT2D eigenvalue weighted by atomic mass is 10.2. The molecule has 1 rings (SSSR count). The third-order valence-electron chi connectivity index (χ3n) is 1.45. The summed E-state index contributed by atoms with van der Waals surface area (Å²) in [6.07, 6.45) is 0.584. The lowest BCUT2D eigenvalue weighted by Gasteiger charge is -1.95. The van der Waals surface area contributed by atoms with Gasteiger partial charge in [0.05, 0.1) is 12.8 Å². The molecule has 1 aromatic rings. The maximum atomic E-state index is 11.1. The predicted octanol–water partition coefficient (Wildman–Crippen LogP) is 1.68. The summed E-state index contributed by atoms with van der Waals surface area (Å²) in [6.45, 7) is 1.85. The molecular weight excluding hydrogens is 182 g/mol. The summed E-state index contributed by atoms with van der Waals surface area (Å²) in [5, 5.41) is 3.58. The quantitative estimate of drug-likeness (QED) is 0.665. The Morgan fingerprint density at radius 1 is 1.75 bits per heavy atom. The molecule has 66 valence electrons. The zero-order chi connectivity index (χ0) is 9.14. The first-order valence-electron chi connectivity index (χ1n) is 3.43. The third-order valence-corrected chi connectivity index (χ3v) is 1.70. The van der Waals surface area contributed by atoms with E-state index in [1.807, 2.05) is 6.92 Å². The van der Waals surface area contributed by atoms with E-state index in [1.165, 1.54) is 7.11 Å². The molecule has 0 aliphatic carbocycles. The fraction of sp³-hybridized carbons (Fsp3) is 0.429. The summed E-state index contributed by atoms with van der Waals surface area (Å²) in [4.78, 5) is 11.1. The van der Waals surface area contributed by atoms with Gasteiger partial charge in [-0.05, 0) is 18.0 Å². The Hall–Kier alpha value is -1.03. The van der Waals surface area contributed by atoms with Gasteiger partial charge in [0.15, 0.2) is 0 Å². The molecule has 5 heteroatoms. The first-order valence-corrected chi connectivity index (χ1v) is 3.80. The highest BCUT2D eigenvalue weighted by Crippen LogP contribution is 2.20. The van der Waals surface area contributed by atoms with Crippen molar-refractivity contribution in [3.05, 3.63) is 16.5 Å². The summed E-state index contributed by atoms with van der Waals surface area (Å²) >= 11 is 5.57. The predicted molar refractivity (Wildman–Crippen MR) is 42.2 cm³/mol. The number of carbonyl (C=O) groups is 1. The van der Waals surface area contributed by atoms with Crippen molar-refractivity contribution in [3.8, 4) is 0 Å². The second-order valence-electron chi connectivity index (χ2n) is 2.12. The van der Waals surface area contributed by atoms with Gasteiger partial charge in [-0.15, -0.1) is 0 Å². The van der Waals surface area contributed by atoms with Crippen molar-refractivity contribution in [1.29, 1.82) is 0 Å². The monoisotopic (exact) mass is 189 g/mol. The first kappa shape index (κ1) is 9.06. The zero-order valence-electron chi connectivity index (χ0n) is 6.76. The van der Waals surface area contributed by atoms with E-state index in [9.17, 15) is 4.79 Å². The van der Waals surface area contributed by atoms with Gasteiger partial charge in [0.2, 0.25) is 5.22 Å². The van der Waals surface area contributed by atoms with Crippen molar-refractivity contribution in [2.75, 3.05) is 7.11 Å². The van der Waals surface area contributed by atoms with Crippen LogP contribution in [-0.2, 0) is 11.2 Å². The van der Waals surface area contributed by atoms with Crippen molar-refractivity contribution in [3.63, 3.8) is 0 Å². The lowest BCUT2D eigenvalue weighted by Crippen LogP contribution is -2.03. The normalized spacial score (nSPS) is 9.92. The smallest absolute Gasteiger partial charge is 0.344 e. The van der Waals surface area contributed by atoms with Gasteiger partial charge in [0.1, 0.15) is 5.56 Å². The molecule has 0 aliphatic heterocycles. The maximum absolute atomic E-state index is 11.1. The molecule has 0 spiro atoms. The van der Waals surface area contributed by atoms with Crippen LogP contribution in [0.5, 0.6) is 0 Å². The minimum Gasteiger partial charge on any atom is -0.465 e. The van der Waals surface area contributed by atoms with E-state index < -0.39 is 5.97 Å². The molecule has 0 amide bonds. The van der Waals surface area contributed by atoms with Crippen LogP contribution in [0.25, 0.3) is 0 Å². The Kier molecular flexibility index (Phi) is 2.70. The van der Waals surface area contributed by atoms with Crippen LogP contribution in [0.1, 0.15) is 23.0 Å². The van der Waals surface area contributed by atoms with Gasteiger partial charge in [-0.2, -0.15) is 0 Å². The fourth-order valence-corrected chi connectivity index (χ4v) is 1.06. The van der Waals surface area contributed by atoms with Crippen LogP contribution in [-0.4, -0.2) is 18.2 Å². The summed E-state index contributed by atoms with van der Waals surface area (Å²) < 4.78 is 9.12. The first-order chi connectivity index (χ1) is 5.70. The molecule has 0 aromatic carbocycles. The van der Waals surface area contributed by atoms with Gasteiger partial charge in [0.25, 0.3) is 0 Å². The Labute approximate surface area is 74.4 Å². The summed E-state index contributed by atoms with van der Waals surface area (Å²) in [6, 6.07) is 0. The molecule has 0 atom stereocenters. The van der Waals surface area contributed by atoms with Crippen LogP contribution >= 0.6 is 11.6 Å². The largest absolute Gasteiger partial charge is 0.465 e. The number of methoxy groups -OCH3 is 1. The highest BCUT2D eigenvalue weighted by molar-refractivity contribution is 6.31. The summed E-state index contributed by atoms with van der Waals surface area (Å²) in [5.41, 5.74) is 0.744. The van der Waals surface area contributed by atoms with E-state index in [-0.39, 0.29) is 10.8 Å². The molecule has 0 fully saturated rings. The molecule has 0 unspecified atom stereocenters. The summed E-state index contributed by atoms with van der Waals surface area (Å²) in [7, 11) is 1.28. The van der Waals surface area contributed by atoms with E-state index in [0.29, 0.717) is 12.1 Å². The number of esters is 1. The average Bonchev–Trinajstić information content (AvgIpc) is 2.45. The van der Waals surface area contributed by atoms with Gasteiger partial charge in [0, 0.05) is 0 Å². The van der Waals surface area contributed by atoms with E-state index >= 15 is 0 Å². The van der Waals surface area contributed by atoms with Crippen molar-refractivity contribution in [1.82, 2.24) is 5.16 Å². The minimum absolute atomic E-state index is 0.0151.